The standard InChI is InChI=1S/C16H28N4/c1-3-17-13-11-14-5-4-6-15(12-13)20(14)9-7-16-18-8-10-19(16)2/h8,10,13-15,17H,3-7,9,11-12H2,1-2H3. The molecule has 0 amide bonds. The van der Waals surface area contributed by atoms with Gasteiger partial charge in [0.2, 0.25) is 0 Å². The number of hydrogen-bond acceptors (Lipinski definition) is 3. The minimum absolute atomic E-state index is 0.750. The van der Waals surface area contributed by atoms with Crippen LogP contribution in [0.2, 0.25) is 0 Å². The van der Waals surface area contributed by atoms with Crippen molar-refractivity contribution in [3.05, 3.63) is 18.2 Å². The summed E-state index contributed by atoms with van der Waals surface area (Å²) in [5.74, 6) is 1.22. The molecule has 2 bridgehead atoms. The molecule has 112 valence electrons. The quantitative estimate of drug-likeness (QED) is 0.892. The Hall–Kier alpha value is -0.870. The summed E-state index contributed by atoms with van der Waals surface area (Å²) in [5.41, 5.74) is 0. The van der Waals surface area contributed by atoms with Gasteiger partial charge in [0.1, 0.15) is 5.82 Å². The second-order valence-electron chi connectivity index (χ2n) is 6.41. The van der Waals surface area contributed by atoms with Crippen LogP contribution in [-0.4, -0.2) is 45.7 Å². The first-order chi connectivity index (χ1) is 9.78. The molecule has 0 radical (unpaired) electrons. The number of aryl methyl sites for hydroxylation is 1. The fraction of sp³-hybridized carbons (Fsp3) is 0.812. The molecule has 2 unspecified atom stereocenters. The molecule has 0 saturated carbocycles. The van der Waals surface area contributed by atoms with Gasteiger partial charge in [0.05, 0.1) is 0 Å². The lowest BCUT2D eigenvalue weighted by atomic mass is 9.81. The van der Waals surface area contributed by atoms with E-state index in [1.807, 2.05) is 12.4 Å². The highest BCUT2D eigenvalue weighted by Crippen LogP contribution is 2.34. The summed E-state index contributed by atoms with van der Waals surface area (Å²) >= 11 is 0. The fourth-order valence-corrected chi connectivity index (χ4v) is 4.17. The van der Waals surface area contributed by atoms with Gasteiger partial charge in [0, 0.05) is 50.5 Å². The predicted molar refractivity (Wildman–Crippen MR) is 81.7 cm³/mol. The second-order valence-corrected chi connectivity index (χ2v) is 6.41. The van der Waals surface area contributed by atoms with Crippen LogP contribution in [0.25, 0.3) is 0 Å². The summed E-state index contributed by atoms with van der Waals surface area (Å²) < 4.78 is 2.15. The second kappa shape index (κ2) is 6.27. The highest BCUT2D eigenvalue weighted by atomic mass is 15.2. The van der Waals surface area contributed by atoms with Crippen LogP contribution in [0.15, 0.2) is 12.4 Å². The first-order valence-corrected chi connectivity index (χ1v) is 8.23. The lowest BCUT2D eigenvalue weighted by molar-refractivity contribution is 0.0255. The van der Waals surface area contributed by atoms with Crippen molar-refractivity contribution >= 4 is 0 Å². The minimum Gasteiger partial charge on any atom is -0.338 e. The van der Waals surface area contributed by atoms with Gasteiger partial charge in [-0.25, -0.2) is 4.98 Å². The Morgan fingerprint density at radius 1 is 1.30 bits per heavy atom. The molecule has 1 aromatic rings. The number of nitrogens with zero attached hydrogens (tertiary/aromatic N) is 3. The summed E-state index contributed by atoms with van der Waals surface area (Å²) in [6.07, 6.45) is 11.9. The van der Waals surface area contributed by atoms with Crippen LogP contribution < -0.4 is 5.32 Å². The Kier molecular flexibility index (Phi) is 4.41. The van der Waals surface area contributed by atoms with Crippen molar-refractivity contribution in [1.29, 1.82) is 0 Å². The molecule has 1 N–H and O–H groups in total. The molecule has 0 aliphatic carbocycles. The van der Waals surface area contributed by atoms with Gasteiger partial charge >= 0.3 is 0 Å². The molecule has 4 nitrogen and oxygen atoms in total. The van der Waals surface area contributed by atoms with E-state index in [4.69, 9.17) is 0 Å². The third-order valence-electron chi connectivity index (χ3n) is 5.13. The monoisotopic (exact) mass is 276 g/mol. The Morgan fingerprint density at radius 2 is 2.05 bits per heavy atom. The Balaban J connectivity index is 1.60. The normalized spacial score (nSPS) is 30.6. The summed E-state index contributed by atoms with van der Waals surface area (Å²) in [7, 11) is 2.10. The number of hydrogen-bond donors (Lipinski definition) is 1. The topological polar surface area (TPSA) is 33.1 Å². The van der Waals surface area contributed by atoms with Crippen molar-refractivity contribution in [2.45, 2.75) is 63.6 Å². The minimum atomic E-state index is 0.750. The average Bonchev–Trinajstić information content (AvgIpc) is 2.82. The van der Waals surface area contributed by atoms with Gasteiger partial charge in [-0.1, -0.05) is 13.3 Å². The molecule has 2 saturated heterocycles. The number of piperidine rings is 2. The average molecular weight is 276 g/mol. The van der Waals surface area contributed by atoms with Crippen LogP contribution in [-0.2, 0) is 13.5 Å². The largest absolute Gasteiger partial charge is 0.338 e. The maximum Gasteiger partial charge on any atom is 0.109 e. The van der Waals surface area contributed by atoms with Crippen molar-refractivity contribution < 1.29 is 0 Å². The molecule has 3 rings (SSSR count). The lowest BCUT2D eigenvalue weighted by Crippen LogP contribution is -2.56. The molecule has 1 aromatic heterocycles. The smallest absolute Gasteiger partial charge is 0.109 e. The Bertz CT molecular complexity index is 414. The molecule has 2 atom stereocenters. The molecule has 4 heteroatoms. The van der Waals surface area contributed by atoms with E-state index in [1.54, 1.807) is 0 Å². The number of rotatable bonds is 5. The maximum atomic E-state index is 4.46. The molecular formula is C16H28N4. The van der Waals surface area contributed by atoms with E-state index in [0.717, 1.165) is 31.1 Å². The first-order valence-electron chi connectivity index (χ1n) is 8.23. The number of aromatic nitrogens is 2. The summed E-state index contributed by atoms with van der Waals surface area (Å²) in [6, 6.07) is 2.35. The zero-order valence-corrected chi connectivity index (χ0v) is 12.9. The molecule has 0 aromatic carbocycles. The lowest BCUT2D eigenvalue weighted by Gasteiger charge is -2.49. The first kappa shape index (κ1) is 14.1. The van der Waals surface area contributed by atoms with Crippen molar-refractivity contribution in [3.63, 3.8) is 0 Å². The highest BCUT2D eigenvalue weighted by Gasteiger charge is 2.37. The van der Waals surface area contributed by atoms with Gasteiger partial charge in [0.25, 0.3) is 0 Å². The SMILES string of the molecule is CCNC1CC2CCCC(C1)N2CCc1nccn1C. The van der Waals surface area contributed by atoms with E-state index >= 15 is 0 Å². The van der Waals surface area contributed by atoms with Crippen molar-refractivity contribution in [3.8, 4) is 0 Å². The predicted octanol–water partition coefficient (Wildman–Crippen LogP) is 1.96. The molecule has 20 heavy (non-hydrogen) atoms. The van der Waals surface area contributed by atoms with Crippen molar-refractivity contribution in [2.75, 3.05) is 13.1 Å². The van der Waals surface area contributed by atoms with Gasteiger partial charge in [-0.2, -0.15) is 0 Å². The van der Waals surface area contributed by atoms with Gasteiger partial charge in [-0.05, 0) is 32.2 Å². The van der Waals surface area contributed by atoms with E-state index in [2.05, 4.69) is 33.7 Å². The van der Waals surface area contributed by atoms with Crippen LogP contribution >= 0.6 is 0 Å². The van der Waals surface area contributed by atoms with E-state index < -0.39 is 0 Å². The Labute approximate surface area is 122 Å². The van der Waals surface area contributed by atoms with Crippen LogP contribution in [0.3, 0.4) is 0 Å². The van der Waals surface area contributed by atoms with Gasteiger partial charge < -0.3 is 9.88 Å². The molecule has 2 fully saturated rings. The van der Waals surface area contributed by atoms with Gasteiger partial charge in [-0.15, -0.1) is 0 Å². The highest BCUT2D eigenvalue weighted by molar-refractivity contribution is 4.98. The van der Waals surface area contributed by atoms with E-state index in [9.17, 15) is 0 Å². The van der Waals surface area contributed by atoms with E-state index in [0.29, 0.717) is 0 Å². The third-order valence-corrected chi connectivity index (χ3v) is 5.13. The zero-order chi connectivity index (χ0) is 13.9. The molecule has 3 heterocycles. The van der Waals surface area contributed by atoms with E-state index in [-0.39, 0.29) is 0 Å². The number of imidazole rings is 1. The number of fused-ring (bicyclic) bond motifs is 2. The molecular weight excluding hydrogens is 248 g/mol. The maximum absolute atomic E-state index is 4.46. The van der Waals surface area contributed by atoms with Crippen LogP contribution in [0.5, 0.6) is 0 Å². The van der Waals surface area contributed by atoms with Crippen molar-refractivity contribution in [2.24, 2.45) is 7.05 Å². The zero-order valence-electron chi connectivity index (χ0n) is 12.9. The van der Waals surface area contributed by atoms with Crippen LogP contribution in [0.1, 0.15) is 44.9 Å². The third kappa shape index (κ3) is 2.91. The van der Waals surface area contributed by atoms with Crippen molar-refractivity contribution in [1.82, 2.24) is 19.8 Å². The summed E-state index contributed by atoms with van der Waals surface area (Å²) in [6.45, 7) is 4.51. The summed E-state index contributed by atoms with van der Waals surface area (Å²) in [4.78, 5) is 7.25. The van der Waals surface area contributed by atoms with Gasteiger partial charge in [0.15, 0.2) is 0 Å². The molecule has 2 aliphatic rings. The Morgan fingerprint density at radius 3 is 2.65 bits per heavy atom. The van der Waals surface area contributed by atoms with Gasteiger partial charge in [-0.3, -0.25) is 4.90 Å². The van der Waals surface area contributed by atoms with Crippen LogP contribution in [0, 0.1) is 0 Å². The molecule has 0 spiro atoms. The number of nitrogens with one attached hydrogen (secondary N) is 1. The van der Waals surface area contributed by atoms with E-state index in [1.165, 1.54) is 44.5 Å². The fourth-order valence-electron chi connectivity index (χ4n) is 4.17. The molecule has 2 aliphatic heterocycles. The summed E-state index contributed by atoms with van der Waals surface area (Å²) in [5, 5.41) is 3.67. The van der Waals surface area contributed by atoms with Crippen LogP contribution in [0.4, 0.5) is 0 Å².